The third-order valence-corrected chi connectivity index (χ3v) is 6.06. The maximum atomic E-state index is 13.5. The molecule has 3 aromatic carbocycles. The molecule has 0 unspecified atom stereocenters. The number of hydrogen-bond acceptors (Lipinski definition) is 7. The summed E-state index contributed by atoms with van der Waals surface area (Å²) in [6.45, 7) is 1.97. The Bertz CT molecular complexity index is 1500. The number of thioether (sulfide) groups is 1. The number of ether oxygens (including phenoxy) is 1. The van der Waals surface area contributed by atoms with Crippen LogP contribution in [0.1, 0.15) is 11.5 Å². The number of nitrogens with zero attached hydrogens (tertiary/aromatic N) is 4. The van der Waals surface area contributed by atoms with Crippen LogP contribution in [0.3, 0.4) is 0 Å². The van der Waals surface area contributed by atoms with Crippen LogP contribution in [0.25, 0.3) is 28.0 Å². The molecule has 164 valence electrons. The minimum absolute atomic E-state index is 0.164. The molecule has 0 saturated heterocycles. The highest BCUT2D eigenvalue weighted by atomic mass is 32.2. The van der Waals surface area contributed by atoms with E-state index in [9.17, 15) is 4.79 Å². The van der Waals surface area contributed by atoms with Crippen molar-refractivity contribution in [3.8, 4) is 22.9 Å². The van der Waals surface area contributed by atoms with Gasteiger partial charge in [0.1, 0.15) is 5.75 Å². The molecule has 2 heterocycles. The lowest BCUT2D eigenvalue weighted by atomic mass is 10.2. The Morgan fingerprint density at radius 2 is 1.79 bits per heavy atom. The smallest absolute Gasteiger partial charge is 0.266 e. The van der Waals surface area contributed by atoms with Crippen LogP contribution in [-0.2, 0) is 5.75 Å². The first-order chi connectivity index (χ1) is 16.1. The summed E-state index contributed by atoms with van der Waals surface area (Å²) in [5, 5.41) is 9.36. The summed E-state index contributed by atoms with van der Waals surface area (Å²) in [6, 6.07) is 22.6. The number of rotatable bonds is 6. The third kappa shape index (κ3) is 4.12. The van der Waals surface area contributed by atoms with Crippen molar-refractivity contribution >= 4 is 22.7 Å². The molecule has 0 fully saturated rings. The van der Waals surface area contributed by atoms with Gasteiger partial charge in [-0.1, -0.05) is 48.2 Å². The molecule has 0 amide bonds. The van der Waals surface area contributed by atoms with Gasteiger partial charge in [-0.15, -0.1) is 10.2 Å². The number of fused-ring (bicyclic) bond motifs is 1. The molecule has 5 rings (SSSR count). The lowest BCUT2D eigenvalue weighted by molar-refractivity contribution is 0.411. The van der Waals surface area contributed by atoms with Gasteiger partial charge in [-0.05, 0) is 48.9 Å². The van der Waals surface area contributed by atoms with Gasteiger partial charge in [0.15, 0.2) is 5.16 Å². The molecule has 5 aromatic rings. The fourth-order valence-electron chi connectivity index (χ4n) is 3.53. The molecule has 2 aromatic heterocycles. The zero-order valence-electron chi connectivity index (χ0n) is 18.1. The first kappa shape index (κ1) is 21.0. The Labute approximate surface area is 194 Å². The largest absolute Gasteiger partial charge is 0.495 e. The Balaban J connectivity index is 1.57. The number of aromatic nitrogens is 4. The van der Waals surface area contributed by atoms with Gasteiger partial charge in [0.2, 0.25) is 11.8 Å². The van der Waals surface area contributed by atoms with Crippen molar-refractivity contribution in [2.75, 3.05) is 7.11 Å². The molecule has 0 saturated carbocycles. The van der Waals surface area contributed by atoms with Gasteiger partial charge in [0, 0.05) is 5.56 Å². The van der Waals surface area contributed by atoms with Crippen molar-refractivity contribution in [1.29, 1.82) is 0 Å². The summed E-state index contributed by atoms with van der Waals surface area (Å²) in [5.41, 5.74) is 2.96. The van der Waals surface area contributed by atoms with Gasteiger partial charge in [0.05, 0.1) is 29.5 Å². The fraction of sp³-hybridized carbons (Fsp3) is 0.120. The molecule has 0 bridgehead atoms. The molecule has 0 spiro atoms. The molecule has 7 nitrogen and oxygen atoms in total. The molecule has 0 aliphatic carbocycles. The van der Waals surface area contributed by atoms with E-state index in [-0.39, 0.29) is 5.56 Å². The average Bonchev–Trinajstić information content (AvgIpc) is 3.33. The lowest BCUT2D eigenvalue weighted by Gasteiger charge is -2.16. The molecular weight excluding hydrogens is 436 g/mol. The zero-order valence-corrected chi connectivity index (χ0v) is 18.9. The van der Waals surface area contributed by atoms with E-state index in [4.69, 9.17) is 14.1 Å². The van der Waals surface area contributed by atoms with Gasteiger partial charge >= 0.3 is 0 Å². The Morgan fingerprint density at radius 3 is 2.61 bits per heavy atom. The van der Waals surface area contributed by atoms with Gasteiger partial charge in [-0.3, -0.25) is 9.36 Å². The van der Waals surface area contributed by atoms with Gasteiger partial charge in [0.25, 0.3) is 5.56 Å². The van der Waals surface area contributed by atoms with Crippen LogP contribution in [0.15, 0.2) is 87.2 Å². The van der Waals surface area contributed by atoms with Crippen molar-refractivity contribution in [3.63, 3.8) is 0 Å². The van der Waals surface area contributed by atoms with Crippen LogP contribution in [0, 0.1) is 6.92 Å². The summed E-state index contributed by atoms with van der Waals surface area (Å²) in [6.07, 6.45) is 0. The highest BCUT2D eigenvalue weighted by Crippen LogP contribution is 2.30. The molecule has 0 N–H and O–H groups in total. The van der Waals surface area contributed by atoms with E-state index in [1.54, 1.807) is 17.7 Å². The number of methoxy groups -OCH3 is 1. The fourth-order valence-corrected chi connectivity index (χ4v) is 4.37. The normalized spacial score (nSPS) is 11.1. The van der Waals surface area contributed by atoms with Crippen LogP contribution in [0.5, 0.6) is 5.75 Å². The maximum Gasteiger partial charge on any atom is 0.266 e. The predicted octanol–water partition coefficient (Wildman–Crippen LogP) is 5.05. The molecule has 33 heavy (non-hydrogen) atoms. The number of aryl methyl sites for hydroxylation is 1. The van der Waals surface area contributed by atoms with Crippen LogP contribution >= 0.6 is 11.8 Å². The predicted molar refractivity (Wildman–Crippen MR) is 128 cm³/mol. The van der Waals surface area contributed by atoms with Crippen LogP contribution in [0.2, 0.25) is 0 Å². The van der Waals surface area contributed by atoms with Crippen molar-refractivity contribution in [2.45, 2.75) is 17.8 Å². The van der Waals surface area contributed by atoms with Crippen molar-refractivity contribution < 1.29 is 9.15 Å². The highest BCUT2D eigenvalue weighted by molar-refractivity contribution is 7.98. The standard InChI is InChI=1S/C25H20N4O3S/c1-16-12-13-21(31-2)20(14-16)29-24(30)18-10-6-7-11-19(18)26-25(29)33-15-22-27-28-23(32-22)17-8-4-3-5-9-17/h3-14H,15H2,1-2H3. The summed E-state index contributed by atoms with van der Waals surface area (Å²) in [7, 11) is 1.59. The molecule has 0 aliphatic heterocycles. The van der Waals surface area contributed by atoms with Crippen LogP contribution in [-0.4, -0.2) is 26.9 Å². The van der Waals surface area contributed by atoms with Crippen molar-refractivity contribution in [1.82, 2.24) is 19.7 Å². The zero-order chi connectivity index (χ0) is 22.8. The van der Waals surface area contributed by atoms with Gasteiger partial charge < -0.3 is 9.15 Å². The van der Waals surface area contributed by atoms with E-state index in [0.29, 0.717) is 45.0 Å². The lowest BCUT2D eigenvalue weighted by Crippen LogP contribution is -2.22. The van der Waals surface area contributed by atoms with Gasteiger partial charge in [-0.25, -0.2) is 4.98 Å². The monoisotopic (exact) mass is 456 g/mol. The molecule has 0 atom stereocenters. The van der Waals surface area contributed by atoms with Crippen molar-refractivity contribution in [3.05, 3.63) is 94.6 Å². The minimum atomic E-state index is -0.164. The second-order valence-corrected chi connectivity index (χ2v) is 8.33. The Morgan fingerprint density at radius 1 is 1.00 bits per heavy atom. The summed E-state index contributed by atoms with van der Waals surface area (Å²) in [5.74, 6) is 1.85. The van der Waals surface area contributed by atoms with E-state index in [0.717, 1.165) is 11.1 Å². The van der Waals surface area contributed by atoms with Crippen molar-refractivity contribution in [2.24, 2.45) is 0 Å². The second-order valence-electron chi connectivity index (χ2n) is 7.38. The summed E-state index contributed by atoms with van der Waals surface area (Å²) >= 11 is 1.36. The summed E-state index contributed by atoms with van der Waals surface area (Å²) in [4.78, 5) is 18.3. The highest BCUT2D eigenvalue weighted by Gasteiger charge is 2.18. The maximum absolute atomic E-state index is 13.5. The number of para-hydroxylation sites is 1. The third-order valence-electron chi connectivity index (χ3n) is 5.13. The molecule has 0 radical (unpaired) electrons. The number of benzene rings is 3. The second kappa shape index (κ2) is 8.91. The Kier molecular flexibility index (Phi) is 5.66. The Hall–Kier alpha value is -3.91. The quantitative estimate of drug-likeness (QED) is 0.261. The van der Waals surface area contributed by atoms with E-state index < -0.39 is 0 Å². The van der Waals surface area contributed by atoms with Crippen LogP contribution < -0.4 is 10.3 Å². The SMILES string of the molecule is COc1ccc(C)cc1-n1c(SCc2nnc(-c3ccccc3)o2)nc2ccccc2c1=O. The van der Waals surface area contributed by atoms with E-state index in [1.165, 1.54) is 11.8 Å². The van der Waals surface area contributed by atoms with Crippen LogP contribution in [0.4, 0.5) is 0 Å². The van der Waals surface area contributed by atoms with E-state index >= 15 is 0 Å². The minimum Gasteiger partial charge on any atom is -0.495 e. The topological polar surface area (TPSA) is 83.0 Å². The first-order valence-corrected chi connectivity index (χ1v) is 11.3. The molecule has 0 aliphatic rings. The van der Waals surface area contributed by atoms with E-state index in [1.807, 2.05) is 73.7 Å². The first-order valence-electron chi connectivity index (χ1n) is 10.3. The number of hydrogen-bond donors (Lipinski definition) is 0. The summed E-state index contributed by atoms with van der Waals surface area (Å²) < 4.78 is 13.0. The average molecular weight is 457 g/mol. The molecule has 8 heteroatoms. The van der Waals surface area contributed by atoms with Gasteiger partial charge in [-0.2, -0.15) is 0 Å². The molecular formula is C25H20N4O3S. The van der Waals surface area contributed by atoms with E-state index in [2.05, 4.69) is 10.2 Å².